The number of methoxy groups -OCH3 is 1. The molecule has 8 nitrogen and oxygen atoms in total. The van der Waals surface area contributed by atoms with E-state index in [1.807, 2.05) is 24.3 Å². The van der Waals surface area contributed by atoms with Gasteiger partial charge in [0.05, 0.1) is 28.4 Å². The minimum Gasteiger partial charge on any atom is -0.486 e. The monoisotopic (exact) mass is 433 g/mol. The van der Waals surface area contributed by atoms with Crippen molar-refractivity contribution in [3.05, 3.63) is 75.1 Å². The van der Waals surface area contributed by atoms with Crippen LogP contribution < -0.4 is 20.6 Å². The maximum Gasteiger partial charge on any atom is 0.260 e. The van der Waals surface area contributed by atoms with Crippen molar-refractivity contribution in [1.82, 2.24) is 14.1 Å². The molecule has 0 saturated carbocycles. The van der Waals surface area contributed by atoms with Gasteiger partial charge in [-0.2, -0.15) is 0 Å². The standard InChI is InChI=1S/C24H23N3O5/c1-30-10-2-7-26-8-5-19-17(23(26)28)14-18-20(25-19)6-9-27(24(18)29)15-16-3-4-21-22(13-16)32-12-11-31-21/h3-6,8-9,13-14H,2,7,10-12,15H2,1H3. The molecular formula is C24H23N3O5. The molecule has 1 aliphatic heterocycles. The fourth-order valence-corrected chi connectivity index (χ4v) is 3.97. The smallest absolute Gasteiger partial charge is 0.260 e. The molecule has 0 saturated heterocycles. The minimum atomic E-state index is -0.194. The lowest BCUT2D eigenvalue weighted by Crippen LogP contribution is -2.23. The van der Waals surface area contributed by atoms with Gasteiger partial charge in [0.15, 0.2) is 11.5 Å². The van der Waals surface area contributed by atoms with Gasteiger partial charge in [-0.05, 0) is 42.3 Å². The average Bonchev–Trinajstić information content (AvgIpc) is 2.82. The molecule has 5 rings (SSSR count). The van der Waals surface area contributed by atoms with Gasteiger partial charge < -0.3 is 23.3 Å². The number of nitrogens with zero attached hydrogens (tertiary/aromatic N) is 3. The van der Waals surface area contributed by atoms with Crippen molar-refractivity contribution < 1.29 is 14.2 Å². The van der Waals surface area contributed by atoms with Crippen LogP contribution in [-0.2, 0) is 17.8 Å². The van der Waals surface area contributed by atoms with Gasteiger partial charge in [-0.15, -0.1) is 0 Å². The summed E-state index contributed by atoms with van der Waals surface area (Å²) in [5.74, 6) is 1.40. The van der Waals surface area contributed by atoms with Crippen molar-refractivity contribution >= 4 is 21.8 Å². The zero-order valence-corrected chi connectivity index (χ0v) is 17.7. The van der Waals surface area contributed by atoms with Gasteiger partial charge in [0.2, 0.25) is 0 Å². The molecule has 164 valence electrons. The van der Waals surface area contributed by atoms with E-state index in [9.17, 15) is 9.59 Å². The van der Waals surface area contributed by atoms with E-state index in [1.54, 1.807) is 40.8 Å². The number of aromatic nitrogens is 3. The molecule has 0 atom stereocenters. The molecule has 0 spiro atoms. The quantitative estimate of drug-likeness (QED) is 0.343. The average molecular weight is 433 g/mol. The Morgan fingerprint density at radius 1 is 0.906 bits per heavy atom. The topological polar surface area (TPSA) is 84.6 Å². The van der Waals surface area contributed by atoms with E-state index in [1.165, 1.54) is 0 Å². The second-order valence-electron chi connectivity index (χ2n) is 7.74. The van der Waals surface area contributed by atoms with E-state index < -0.39 is 0 Å². The molecule has 8 heteroatoms. The van der Waals surface area contributed by atoms with Crippen molar-refractivity contribution in [2.45, 2.75) is 19.5 Å². The highest BCUT2D eigenvalue weighted by Gasteiger charge is 2.13. The molecule has 1 aliphatic rings. The molecule has 1 aromatic carbocycles. The van der Waals surface area contributed by atoms with E-state index in [0.29, 0.717) is 66.2 Å². The van der Waals surface area contributed by atoms with E-state index in [-0.39, 0.29) is 11.1 Å². The van der Waals surface area contributed by atoms with E-state index in [4.69, 9.17) is 14.2 Å². The summed E-state index contributed by atoms with van der Waals surface area (Å²) in [5.41, 5.74) is 1.72. The van der Waals surface area contributed by atoms with Crippen LogP contribution in [0, 0.1) is 0 Å². The summed E-state index contributed by atoms with van der Waals surface area (Å²) in [6.07, 6.45) is 4.19. The van der Waals surface area contributed by atoms with E-state index in [0.717, 1.165) is 12.0 Å². The first-order chi connectivity index (χ1) is 15.6. The Balaban J connectivity index is 1.53. The summed E-state index contributed by atoms with van der Waals surface area (Å²) in [7, 11) is 1.63. The number of hydrogen-bond donors (Lipinski definition) is 0. The molecule has 4 aromatic rings. The molecular weight excluding hydrogens is 410 g/mol. The molecule has 0 fully saturated rings. The predicted octanol–water partition coefficient (Wildman–Crippen LogP) is 2.57. The maximum atomic E-state index is 13.2. The fourth-order valence-electron chi connectivity index (χ4n) is 3.97. The molecule has 0 N–H and O–H groups in total. The van der Waals surface area contributed by atoms with Crippen LogP contribution in [0.3, 0.4) is 0 Å². The zero-order chi connectivity index (χ0) is 22.1. The third-order valence-corrected chi connectivity index (χ3v) is 5.60. The maximum absolute atomic E-state index is 13.2. The Labute approximate surface area is 183 Å². The number of aryl methyl sites for hydroxylation is 1. The van der Waals surface area contributed by atoms with Crippen LogP contribution in [0.1, 0.15) is 12.0 Å². The Kier molecular flexibility index (Phi) is 5.36. The van der Waals surface area contributed by atoms with Crippen LogP contribution in [0.2, 0.25) is 0 Å². The Bertz CT molecular complexity index is 1420. The first kappa shape index (κ1) is 20.3. The summed E-state index contributed by atoms with van der Waals surface area (Å²) < 4.78 is 19.5. The zero-order valence-electron chi connectivity index (χ0n) is 17.7. The Morgan fingerprint density at radius 3 is 2.34 bits per heavy atom. The van der Waals surface area contributed by atoms with Gasteiger partial charge in [-0.25, -0.2) is 4.98 Å². The van der Waals surface area contributed by atoms with Gasteiger partial charge in [-0.3, -0.25) is 9.59 Å². The molecule has 0 radical (unpaired) electrons. The number of ether oxygens (including phenoxy) is 3. The van der Waals surface area contributed by atoms with Crippen LogP contribution in [0.4, 0.5) is 0 Å². The summed E-state index contributed by atoms with van der Waals surface area (Å²) in [6.45, 7) is 2.54. The second kappa shape index (κ2) is 8.47. The van der Waals surface area contributed by atoms with Crippen LogP contribution in [0.5, 0.6) is 11.5 Å². The van der Waals surface area contributed by atoms with E-state index >= 15 is 0 Å². The van der Waals surface area contributed by atoms with Gasteiger partial charge in [0.25, 0.3) is 11.1 Å². The summed E-state index contributed by atoms with van der Waals surface area (Å²) >= 11 is 0. The fraction of sp³-hybridized carbons (Fsp3) is 0.292. The predicted molar refractivity (Wildman–Crippen MR) is 121 cm³/mol. The van der Waals surface area contributed by atoms with E-state index in [2.05, 4.69) is 4.98 Å². The summed E-state index contributed by atoms with van der Waals surface area (Å²) in [6, 6.07) is 10.9. The lowest BCUT2D eigenvalue weighted by molar-refractivity contribution is 0.171. The summed E-state index contributed by atoms with van der Waals surface area (Å²) in [4.78, 5) is 30.7. The first-order valence-corrected chi connectivity index (χ1v) is 10.5. The largest absolute Gasteiger partial charge is 0.486 e. The lowest BCUT2D eigenvalue weighted by atomic mass is 10.1. The van der Waals surface area contributed by atoms with Crippen LogP contribution in [0.25, 0.3) is 21.8 Å². The van der Waals surface area contributed by atoms with Gasteiger partial charge in [0.1, 0.15) is 13.2 Å². The third-order valence-electron chi connectivity index (χ3n) is 5.60. The number of rotatable bonds is 6. The van der Waals surface area contributed by atoms with Gasteiger partial charge in [0, 0.05) is 32.7 Å². The second-order valence-corrected chi connectivity index (χ2v) is 7.74. The SMILES string of the molecule is COCCCn1ccc2nc3ccn(Cc4ccc5c(c4)OCCO5)c(=O)c3cc2c1=O. The van der Waals surface area contributed by atoms with Crippen molar-refractivity contribution in [3.8, 4) is 11.5 Å². The van der Waals surface area contributed by atoms with Gasteiger partial charge >= 0.3 is 0 Å². The number of fused-ring (bicyclic) bond motifs is 3. The highest BCUT2D eigenvalue weighted by atomic mass is 16.6. The molecule has 3 aromatic heterocycles. The van der Waals surface area contributed by atoms with Gasteiger partial charge in [-0.1, -0.05) is 6.07 Å². The number of benzene rings is 1. The Hall–Kier alpha value is -3.65. The van der Waals surface area contributed by atoms with Crippen molar-refractivity contribution in [2.24, 2.45) is 0 Å². The van der Waals surface area contributed by atoms with Crippen molar-refractivity contribution in [2.75, 3.05) is 26.9 Å². The van der Waals surface area contributed by atoms with Crippen molar-refractivity contribution in [3.63, 3.8) is 0 Å². The molecule has 0 aliphatic carbocycles. The van der Waals surface area contributed by atoms with Crippen LogP contribution in [-0.4, -0.2) is 41.0 Å². The Morgan fingerprint density at radius 2 is 1.59 bits per heavy atom. The number of pyridine rings is 3. The lowest BCUT2D eigenvalue weighted by Gasteiger charge is -2.19. The van der Waals surface area contributed by atoms with Crippen molar-refractivity contribution in [1.29, 1.82) is 0 Å². The molecule has 4 heterocycles. The first-order valence-electron chi connectivity index (χ1n) is 10.5. The third kappa shape index (κ3) is 3.73. The molecule has 0 amide bonds. The molecule has 0 bridgehead atoms. The van der Waals surface area contributed by atoms with Crippen LogP contribution >= 0.6 is 0 Å². The summed E-state index contributed by atoms with van der Waals surface area (Å²) in [5, 5.41) is 0.857. The highest BCUT2D eigenvalue weighted by Crippen LogP contribution is 2.30. The van der Waals surface area contributed by atoms with Crippen LogP contribution in [0.15, 0.2) is 58.4 Å². The minimum absolute atomic E-state index is 0.158. The normalized spacial score (nSPS) is 13.0. The molecule has 32 heavy (non-hydrogen) atoms. The number of hydrogen-bond acceptors (Lipinski definition) is 6. The molecule has 0 unspecified atom stereocenters. The highest BCUT2D eigenvalue weighted by molar-refractivity contribution is 5.91.